The molecule has 11 heavy (non-hydrogen) atoms. The maximum atomic E-state index is 3.78. The van der Waals surface area contributed by atoms with Gasteiger partial charge in [0.25, 0.3) is 0 Å². The summed E-state index contributed by atoms with van der Waals surface area (Å²) in [5.41, 5.74) is 2.60. The van der Waals surface area contributed by atoms with Gasteiger partial charge in [0.1, 0.15) is 0 Å². The Balaban J connectivity index is 3.09. The molecule has 0 radical (unpaired) electrons. The maximum absolute atomic E-state index is 3.78. The summed E-state index contributed by atoms with van der Waals surface area (Å²) < 4.78 is 2.27. The summed E-state index contributed by atoms with van der Waals surface area (Å²) in [5.74, 6) is 0. The average Bonchev–Trinajstić information content (AvgIpc) is 2.30. The topological polar surface area (TPSA) is 4.93 Å². The molecule has 1 heterocycles. The molecule has 0 aliphatic carbocycles. The number of hydrogen-bond acceptors (Lipinski definition) is 0. The van der Waals surface area contributed by atoms with Gasteiger partial charge in [-0.25, -0.2) is 0 Å². The van der Waals surface area contributed by atoms with Crippen molar-refractivity contribution in [2.75, 3.05) is 0 Å². The summed E-state index contributed by atoms with van der Waals surface area (Å²) in [7, 11) is 0. The van der Waals surface area contributed by atoms with Gasteiger partial charge in [-0.3, -0.25) is 0 Å². The van der Waals surface area contributed by atoms with Crippen molar-refractivity contribution in [1.82, 2.24) is 4.57 Å². The summed E-state index contributed by atoms with van der Waals surface area (Å²) in [6.45, 7) is 10.2. The Bertz CT molecular complexity index is 238. The van der Waals surface area contributed by atoms with E-state index in [4.69, 9.17) is 0 Å². The van der Waals surface area contributed by atoms with Gasteiger partial charge in [-0.05, 0) is 32.9 Å². The fourth-order valence-electron chi connectivity index (χ4n) is 1.43. The Labute approximate surface area is 68.4 Å². The van der Waals surface area contributed by atoms with Gasteiger partial charge in [0.15, 0.2) is 0 Å². The van der Waals surface area contributed by atoms with Crippen LogP contribution in [0.5, 0.6) is 0 Å². The molecule has 0 N–H and O–H groups in total. The molecule has 0 aliphatic rings. The first-order chi connectivity index (χ1) is 5.16. The van der Waals surface area contributed by atoms with Gasteiger partial charge in [0.2, 0.25) is 0 Å². The van der Waals surface area contributed by atoms with Gasteiger partial charge in [0.05, 0.1) is 0 Å². The fourth-order valence-corrected chi connectivity index (χ4v) is 1.43. The van der Waals surface area contributed by atoms with Crippen molar-refractivity contribution in [2.45, 2.75) is 26.8 Å². The third-order valence-corrected chi connectivity index (χ3v) is 2.07. The predicted octanol–water partition coefficient (Wildman–Crippen LogP) is 2.85. The van der Waals surface area contributed by atoms with E-state index < -0.39 is 0 Å². The quantitative estimate of drug-likeness (QED) is 0.570. The van der Waals surface area contributed by atoms with Crippen LogP contribution in [0.15, 0.2) is 24.8 Å². The lowest BCUT2D eigenvalue weighted by Gasteiger charge is -2.13. The van der Waals surface area contributed by atoms with Gasteiger partial charge in [-0.2, -0.15) is 0 Å². The van der Waals surface area contributed by atoms with E-state index in [1.807, 2.05) is 6.08 Å². The smallest absolute Gasteiger partial charge is 0.0484 e. The molecule has 1 aromatic rings. The maximum Gasteiger partial charge on any atom is 0.0484 e. The molecule has 0 saturated heterocycles. The standard InChI is InChI=1S/C10H15N/c1-5-8(2)11-9(3)6-7-10(11)4/h5-8H,1H2,2-4H3. The molecule has 0 bridgehead atoms. The van der Waals surface area contributed by atoms with E-state index in [0.29, 0.717) is 6.04 Å². The molecule has 0 aromatic carbocycles. The van der Waals surface area contributed by atoms with Crippen molar-refractivity contribution in [3.05, 3.63) is 36.2 Å². The predicted molar refractivity (Wildman–Crippen MR) is 48.8 cm³/mol. The third kappa shape index (κ3) is 1.37. The summed E-state index contributed by atoms with van der Waals surface area (Å²) in [6, 6.07) is 4.68. The highest BCUT2D eigenvalue weighted by molar-refractivity contribution is 5.16. The first kappa shape index (κ1) is 8.12. The molecule has 1 aromatic heterocycles. The third-order valence-electron chi connectivity index (χ3n) is 2.07. The molecule has 0 aliphatic heterocycles. The molecule has 0 amide bonds. The largest absolute Gasteiger partial charge is 0.343 e. The zero-order chi connectivity index (χ0) is 8.43. The average molecular weight is 149 g/mol. The van der Waals surface area contributed by atoms with Crippen LogP contribution < -0.4 is 0 Å². The summed E-state index contributed by atoms with van der Waals surface area (Å²) in [4.78, 5) is 0. The second kappa shape index (κ2) is 2.95. The Morgan fingerprint density at radius 2 is 1.82 bits per heavy atom. The van der Waals surface area contributed by atoms with E-state index in [2.05, 4.69) is 44.0 Å². The van der Waals surface area contributed by atoms with Gasteiger partial charge >= 0.3 is 0 Å². The second-order valence-corrected chi connectivity index (χ2v) is 2.96. The van der Waals surface area contributed by atoms with Crippen LogP contribution in [0.4, 0.5) is 0 Å². The number of allylic oxidation sites excluding steroid dienone is 1. The molecule has 1 heteroatoms. The summed E-state index contributed by atoms with van der Waals surface area (Å²) >= 11 is 0. The fraction of sp³-hybridized carbons (Fsp3) is 0.400. The minimum atomic E-state index is 0.407. The summed E-state index contributed by atoms with van der Waals surface area (Å²) in [6.07, 6.45) is 1.96. The molecule has 1 nitrogen and oxygen atoms in total. The molecular formula is C10H15N. The molecule has 0 saturated carbocycles. The zero-order valence-corrected chi connectivity index (χ0v) is 7.46. The van der Waals surface area contributed by atoms with Crippen LogP contribution in [-0.4, -0.2) is 4.57 Å². The molecule has 1 unspecified atom stereocenters. The highest BCUT2D eigenvalue weighted by atomic mass is 15.0. The molecule has 0 spiro atoms. The van der Waals surface area contributed by atoms with Crippen molar-refractivity contribution in [2.24, 2.45) is 0 Å². The lowest BCUT2D eigenvalue weighted by Crippen LogP contribution is -2.05. The van der Waals surface area contributed by atoms with Gasteiger partial charge in [0, 0.05) is 17.4 Å². The second-order valence-electron chi connectivity index (χ2n) is 2.96. The van der Waals surface area contributed by atoms with Gasteiger partial charge < -0.3 is 4.57 Å². The minimum absolute atomic E-state index is 0.407. The van der Waals surface area contributed by atoms with Crippen LogP contribution in [0.1, 0.15) is 24.4 Å². The van der Waals surface area contributed by atoms with E-state index >= 15 is 0 Å². The van der Waals surface area contributed by atoms with Crippen molar-refractivity contribution < 1.29 is 0 Å². The molecule has 1 rings (SSSR count). The van der Waals surface area contributed by atoms with Crippen LogP contribution >= 0.6 is 0 Å². The zero-order valence-electron chi connectivity index (χ0n) is 7.46. The lowest BCUT2D eigenvalue weighted by molar-refractivity contribution is 0.630. The van der Waals surface area contributed by atoms with E-state index in [1.165, 1.54) is 11.4 Å². The monoisotopic (exact) mass is 149 g/mol. The molecular weight excluding hydrogens is 134 g/mol. The molecule has 60 valence electrons. The Hall–Kier alpha value is -0.980. The minimum Gasteiger partial charge on any atom is -0.343 e. The van der Waals surface area contributed by atoms with Crippen LogP contribution in [0.2, 0.25) is 0 Å². The van der Waals surface area contributed by atoms with E-state index in [9.17, 15) is 0 Å². The van der Waals surface area contributed by atoms with E-state index in [1.54, 1.807) is 0 Å². The van der Waals surface area contributed by atoms with Crippen molar-refractivity contribution in [3.63, 3.8) is 0 Å². The first-order valence-corrected chi connectivity index (χ1v) is 3.94. The van der Waals surface area contributed by atoms with Gasteiger partial charge in [-0.15, -0.1) is 6.58 Å². The normalized spacial score (nSPS) is 13.0. The Morgan fingerprint density at radius 3 is 2.18 bits per heavy atom. The molecule has 0 fully saturated rings. The summed E-state index contributed by atoms with van der Waals surface area (Å²) in [5, 5.41) is 0. The highest BCUT2D eigenvalue weighted by Gasteiger charge is 2.04. The first-order valence-electron chi connectivity index (χ1n) is 3.94. The SMILES string of the molecule is C=CC(C)n1c(C)ccc1C. The Kier molecular flexibility index (Phi) is 2.18. The van der Waals surface area contributed by atoms with Crippen molar-refractivity contribution in [3.8, 4) is 0 Å². The number of aromatic nitrogens is 1. The number of nitrogens with zero attached hydrogens (tertiary/aromatic N) is 1. The highest BCUT2D eigenvalue weighted by Crippen LogP contribution is 2.15. The Morgan fingerprint density at radius 1 is 1.36 bits per heavy atom. The number of rotatable bonds is 2. The number of hydrogen-bond donors (Lipinski definition) is 0. The van der Waals surface area contributed by atoms with E-state index in [0.717, 1.165) is 0 Å². The molecule has 1 atom stereocenters. The van der Waals surface area contributed by atoms with Crippen LogP contribution in [-0.2, 0) is 0 Å². The van der Waals surface area contributed by atoms with Crippen LogP contribution in [0.25, 0.3) is 0 Å². The van der Waals surface area contributed by atoms with E-state index in [-0.39, 0.29) is 0 Å². The lowest BCUT2D eigenvalue weighted by atomic mass is 10.3. The van der Waals surface area contributed by atoms with Gasteiger partial charge in [-0.1, -0.05) is 6.08 Å². The van der Waals surface area contributed by atoms with Crippen molar-refractivity contribution in [1.29, 1.82) is 0 Å². The van der Waals surface area contributed by atoms with Crippen molar-refractivity contribution >= 4 is 0 Å². The van der Waals surface area contributed by atoms with Crippen LogP contribution in [0, 0.1) is 13.8 Å². The van der Waals surface area contributed by atoms with Crippen LogP contribution in [0.3, 0.4) is 0 Å². The number of aryl methyl sites for hydroxylation is 2.